The SMILES string of the molecule is Cc1ccc(N=Nc2ccc(N)cc2N)c(S(=O)(=O)[O-])c1.[Na+]. The second-order valence-corrected chi connectivity index (χ2v) is 5.79. The standard InChI is InChI=1S/C13H14N4O3S.Na/c1-8-2-4-12(13(6-8)21(18,19)20)17-16-11-5-3-9(14)7-10(11)15;/h2-7H,14-15H2,1H3,(H,18,19,20);/q;+1/p-1. The van der Waals surface area contributed by atoms with Crippen molar-refractivity contribution < 1.29 is 42.5 Å². The second kappa shape index (κ2) is 7.21. The van der Waals surface area contributed by atoms with Crippen molar-refractivity contribution in [2.75, 3.05) is 11.5 Å². The smallest absolute Gasteiger partial charge is 0.744 e. The summed E-state index contributed by atoms with van der Waals surface area (Å²) in [6.45, 7) is 1.67. The van der Waals surface area contributed by atoms with Crippen LogP contribution < -0.4 is 41.0 Å². The maximum Gasteiger partial charge on any atom is 1.00 e. The van der Waals surface area contributed by atoms with Gasteiger partial charge >= 0.3 is 29.6 Å². The molecule has 0 aliphatic heterocycles. The van der Waals surface area contributed by atoms with Crippen molar-refractivity contribution >= 4 is 32.9 Å². The third-order valence-corrected chi connectivity index (χ3v) is 3.57. The topological polar surface area (TPSA) is 134 Å². The van der Waals surface area contributed by atoms with E-state index in [1.54, 1.807) is 25.1 Å². The van der Waals surface area contributed by atoms with Gasteiger partial charge in [0.25, 0.3) is 0 Å². The molecule has 0 radical (unpaired) electrons. The average molecular weight is 328 g/mol. The molecule has 2 aromatic rings. The molecule has 0 aliphatic carbocycles. The Hall–Kier alpha value is -1.45. The van der Waals surface area contributed by atoms with Crippen LogP contribution in [0, 0.1) is 6.92 Å². The van der Waals surface area contributed by atoms with E-state index in [0.29, 0.717) is 22.6 Å². The molecule has 7 nitrogen and oxygen atoms in total. The van der Waals surface area contributed by atoms with Gasteiger partial charge in [-0.2, -0.15) is 0 Å². The molecule has 0 spiro atoms. The number of nitrogens with two attached hydrogens (primary N) is 2. The first kappa shape index (κ1) is 18.6. The Bertz CT molecular complexity index is 822. The van der Waals surface area contributed by atoms with Crippen LogP contribution in [0.5, 0.6) is 0 Å². The molecular formula is C13H13N4NaO3S. The predicted octanol–water partition coefficient (Wildman–Crippen LogP) is -0.517. The fraction of sp³-hybridized carbons (Fsp3) is 0.0769. The van der Waals surface area contributed by atoms with Crippen LogP contribution >= 0.6 is 0 Å². The Kier molecular flexibility index (Phi) is 6.09. The zero-order valence-corrected chi connectivity index (χ0v) is 15.0. The summed E-state index contributed by atoms with van der Waals surface area (Å²) in [5.41, 5.74) is 13.0. The van der Waals surface area contributed by atoms with E-state index in [0.717, 1.165) is 0 Å². The van der Waals surface area contributed by atoms with Crippen LogP contribution in [0.1, 0.15) is 5.56 Å². The molecule has 0 saturated heterocycles. The first-order valence-corrected chi connectivity index (χ1v) is 7.31. The van der Waals surface area contributed by atoms with Gasteiger partial charge < -0.3 is 16.0 Å². The molecule has 0 unspecified atom stereocenters. The Morgan fingerprint density at radius 1 is 1.00 bits per heavy atom. The van der Waals surface area contributed by atoms with Gasteiger partial charge in [-0.1, -0.05) is 6.07 Å². The predicted molar refractivity (Wildman–Crippen MR) is 78.6 cm³/mol. The summed E-state index contributed by atoms with van der Waals surface area (Å²) in [6.07, 6.45) is 0. The van der Waals surface area contributed by atoms with Crippen LogP contribution in [0.25, 0.3) is 0 Å². The number of benzene rings is 2. The van der Waals surface area contributed by atoms with Gasteiger partial charge in [0.2, 0.25) is 0 Å². The van der Waals surface area contributed by atoms with Crippen molar-refractivity contribution in [3.05, 3.63) is 42.0 Å². The molecule has 9 heteroatoms. The number of aryl methyl sites for hydroxylation is 1. The van der Waals surface area contributed by atoms with E-state index in [9.17, 15) is 13.0 Å². The van der Waals surface area contributed by atoms with Gasteiger partial charge in [0.05, 0.1) is 10.6 Å². The molecule has 110 valence electrons. The van der Waals surface area contributed by atoms with Gasteiger partial charge in [-0.15, -0.1) is 10.2 Å². The molecule has 0 bridgehead atoms. The van der Waals surface area contributed by atoms with Crippen LogP contribution in [-0.4, -0.2) is 13.0 Å². The number of hydrogen-bond acceptors (Lipinski definition) is 7. The van der Waals surface area contributed by atoms with E-state index in [4.69, 9.17) is 11.5 Å². The molecule has 0 fully saturated rings. The molecule has 2 rings (SSSR count). The third-order valence-electron chi connectivity index (χ3n) is 2.70. The molecular weight excluding hydrogens is 315 g/mol. The van der Waals surface area contributed by atoms with Gasteiger partial charge in [-0.3, -0.25) is 0 Å². The van der Waals surface area contributed by atoms with Crippen molar-refractivity contribution in [2.45, 2.75) is 11.8 Å². The Morgan fingerprint density at radius 2 is 1.59 bits per heavy atom. The molecule has 2 aromatic carbocycles. The minimum absolute atomic E-state index is 0. The fourth-order valence-electron chi connectivity index (χ4n) is 1.68. The monoisotopic (exact) mass is 328 g/mol. The van der Waals surface area contributed by atoms with Crippen molar-refractivity contribution in [1.82, 2.24) is 0 Å². The average Bonchev–Trinajstić information content (AvgIpc) is 2.38. The molecule has 4 N–H and O–H groups in total. The minimum Gasteiger partial charge on any atom is -0.744 e. The molecule has 0 atom stereocenters. The van der Waals surface area contributed by atoms with E-state index >= 15 is 0 Å². The van der Waals surface area contributed by atoms with Crippen molar-refractivity contribution in [3.8, 4) is 0 Å². The van der Waals surface area contributed by atoms with E-state index in [2.05, 4.69) is 10.2 Å². The van der Waals surface area contributed by atoms with Gasteiger partial charge in [0.15, 0.2) is 0 Å². The van der Waals surface area contributed by atoms with E-state index in [1.165, 1.54) is 18.2 Å². The van der Waals surface area contributed by atoms with Crippen LogP contribution in [0.15, 0.2) is 51.5 Å². The fourth-order valence-corrected chi connectivity index (χ4v) is 2.37. The molecule has 0 amide bonds. The first-order valence-electron chi connectivity index (χ1n) is 5.90. The number of nitrogen functional groups attached to an aromatic ring is 2. The van der Waals surface area contributed by atoms with Crippen LogP contribution in [0.3, 0.4) is 0 Å². The van der Waals surface area contributed by atoms with E-state index in [-0.39, 0.29) is 35.2 Å². The summed E-state index contributed by atoms with van der Waals surface area (Å²) < 4.78 is 33.7. The summed E-state index contributed by atoms with van der Waals surface area (Å²) in [4.78, 5) is -0.416. The number of nitrogens with zero attached hydrogens (tertiary/aromatic N) is 2. The number of azo groups is 1. The summed E-state index contributed by atoms with van der Waals surface area (Å²) in [5.74, 6) is 0. The zero-order valence-electron chi connectivity index (χ0n) is 12.1. The summed E-state index contributed by atoms with van der Waals surface area (Å²) >= 11 is 0. The minimum atomic E-state index is -4.63. The van der Waals surface area contributed by atoms with E-state index < -0.39 is 15.0 Å². The van der Waals surface area contributed by atoms with E-state index in [1.807, 2.05) is 0 Å². The van der Waals surface area contributed by atoms with Crippen molar-refractivity contribution in [1.29, 1.82) is 0 Å². The van der Waals surface area contributed by atoms with Crippen LogP contribution in [0.4, 0.5) is 22.7 Å². The first-order chi connectivity index (χ1) is 9.77. The number of anilines is 2. The second-order valence-electron chi connectivity index (χ2n) is 4.44. The van der Waals surface area contributed by atoms with Crippen molar-refractivity contribution in [3.63, 3.8) is 0 Å². The Labute approximate surface area is 150 Å². The third kappa shape index (κ3) is 4.52. The maximum absolute atomic E-state index is 11.2. The normalized spacial score (nSPS) is 11.4. The number of hydrogen-bond donors (Lipinski definition) is 2. The molecule has 22 heavy (non-hydrogen) atoms. The van der Waals surface area contributed by atoms with Crippen molar-refractivity contribution in [2.24, 2.45) is 10.2 Å². The van der Waals surface area contributed by atoms with Gasteiger partial charge in [-0.05, 0) is 42.8 Å². The number of rotatable bonds is 3. The Morgan fingerprint density at radius 3 is 2.18 bits per heavy atom. The maximum atomic E-state index is 11.2. The molecule has 0 aromatic heterocycles. The van der Waals surface area contributed by atoms with Crippen LogP contribution in [0.2, 0.25) is 0 Å². The summed E-state index contributed by atoms with van der Waals surface area (Å²) in [6, 6.07) is 8.95. The quantitative estimate of drug-likeness (QED) is 0.338. The largest absolute Gasteiger partial charge is 1.00 e. The molecule has 0 saturated carbocycles. The molecule has 0 heterocycles. The molecule has 0 aliphatic rings. The summed E-state index contributed by atoms with van der Waals surface area (Å²) in [7, 11) is -4.63. The summed E-state index contributed by atoms with van der Waals surface area (Å²) in [5, 5.41) is 7.66. The Balaban J connectivity index is 0.00000242. The van der Waals surface area contributed by atoms with Gasteiger partial charge in [-0.25, -0.2) is 8.42 Å². The van der Waals surface area contributed by atoms with Crippen LogP contribution in [-0.2, 0) is 10.1 Å². The zero-order chi connectivity index (χ0) is 15.6. The van der Waals surface area contributed by atoms with Gasteiger partial charge in [0.1, 0.15) is 21.5 Å². The van der Waals surface area contributed by atoms with Gasteiger partial charge in [0, 0.05) is 5.69 Å².